The largest absolute Gasteiger partial charge is 0.493 e. The van der Waals surface area contributed by atoms with Gasteiger partial charge in [-0.25, -0.2) is 8.42 Å². The van der Waals surface area contributed by atoms with Crippen molar-refractivity contribution in [1.29, 1.82) is 0 Å². The summed E-state index contributed by atoms with van der Waals surface area (Å²) < 4.78 is 35.8. The minimum atomic E-state index is -3.50. The maximum atomic E-state index is 12.1. The van der Waals surface area contributed by atoms with Crippen molar-refractivity contribution in [2.45, 2.75) is 20.3 Å². The van der Waals surface area contributed by atoms with Crippen LogP contribution in [0.4, 0.5) is 5.69 Å². The van der Waals surface area contributed by atoms with Crippen LogP contribution in [0.5, 0.6) is 11.5 Å². The molecule has 0 aliphatic heterocycles. The third-order valence-corrected chi connectivity index (χ3v) is 4.48. The highest BCUT2D eigenvalue weighted by molar-refractivity contribution is 7.92. The molecule has 7 nitrogen and oxygen atoms in total. The quantitative estimate of drug-likeness (QED) is 0.725. The van der Waals surface area contributed by atoms with Gasteiger partial charge in [0.05, 0.1) is 32.7 Å². The number of benzene rings is 1. The fourth-order valence-electron chi connectivity index (χ4n) is 2.21. The first-order chi connectivity index (χ1) is 11.2. The molecule has 24 heavy (non-hydrogen) atoms. The van der Waals surface area contributed by atoms with Gasteiger partial charge in [0.15, 0.2) is 11.5 Å². The molecule has 0 spiro atoms. The molecule has 0 atom stereocenters. The Bertz CT molecular complexity index is 658. The summed E-state index contributed by atoms with van der Waals surface area (Å²) >= 11 is 0. The molecule has 1 amide bonds. The molecule has 0 bridgehead atoms. The normalized spacial score (nSPS) is 11.2. The van der Waals surface area contributed by atoms with Crippen molar-refractivity contribution in [2.75, 3.05) is 37.9 Å². The number of ether oxygens (including phenoxy) is 2. The van der Waals surface area contributed by atoms with E-state index in [4.69, 9.17) is 9.47 Å². The van der Waals surface area contributed by atoms with Gasteiger partial charge in [-0.1, -0.05) is 13.8 Å². The topological polar surface area (TPSA) is 84.9 Å². The van der Waals surface area contributed by atoms with Crippen molar-refractivity contribution in [3.63, 3.8) is 0 Å². The van der Waals surface area contributed by atoms with Crippen LogP contribution >= 0.6 is 0 Å². The molecular formula is C16H26N2O5S. The first-order valence-corrected chi connectivity index (χ1v) is 9.50. The molecule has 0 aliphatic rings. The molecule has 1 rings (SSSR count). The highest BCUT2D eigenvalue weighted by Gasteiger charge is 2.19. The number of sulfonamides is 1. The Kier molecular flexibility index (Phi) is 7.34. The van der Waals surface area contributed by atoms with Crippen LogP contribution in [-0.2, 0) is 14.8 Å². The van der Waals surface area contributed by atoms with E-state index < -0.39 is 10.0 Å². The maximum absolute atomic E-state index is 12.1. The SMILES string of the molecule is COc1ccc(N(CCNC(=O)CC(C)C)S(C)(=O)=O)cc1OC. The molecule has 8 heteroatoms. The molecule has 0 saturated carbocycles. The zero-order valence-electron chi connectivity index (χ0n) is 14.8. The third kappa shape index (κ3) is 5.92. The molecular weight excluding hydrogens is 332 g/mol. The van der Waals surface area contributed by atoms with Gasteiger partial charge in [-0.15, -0.1) is 0 Å². The minimum absolute atomic E-state index is 0.0919. The van der Waals surface area contributed by atoms with Gasteiger partial charge in [0.25, 0.3) is 0 Å². The average molecular weight is 358 g/mol. The zero-order chi connectivity index (χ0) is 18.3. The lowest BCUT2D eigenvalue weighted by molar-refractivity contribution is -0.121. The van der Waals surface area contributed by atoms with Crippen molar-refractivity contribution >= 4 is 21.6 Å². The lowest BCUT2D eigenvalue weighted by atomic mass is 10.1. The van der Waals surface area contributed by atoms with Gasteiger partial charge in [-0.3, -0.25) is 9.10 Å². The summed E-state index contributed by atoms with van der Waals surface area (Å²) in [6.07, 6.45) is 1.54. The number of methoxy groups -OCH3 is 2. The summed E-state index contributed by atoms with van der Waals surface area (Å²) in [6.45, 7) is 4.27. The molecule has 0 unspecified atom stereocenters. The van der Waals surface area contributed by atoms with Crippen LogP contribution in [0.15, 0.2) is 18.2 Å². The molecule has 0 radical (unpaired) electrons. The van der Waals surface area contributed by atoms with Gasteiger partial charge in [0.1, 0.15) is 0 Å². The van der Waals surface area contributed by atoms with Crippen molar-refractivity contribution < 1.29 is 22.7 Å². The van der Waals surface area contributed by atoms with E-state index >= 15 is 0 Å². The molecule has 1 aromatic rings. The van der Waals surface area contributed by atoms with E-state index in [9.17, 15) is 13.2 Å². The number of amides is 1. The Hall–Kier alpha value is -1.96. The second-order valence-corrected chi connectivity index (χ2v) is 7.73. The van der Waals surface area contributed by atoms with Crippen LogP contribution in [0.1, 0.15) is 20.3 Å². The van der Waals surface area contributed by atoms with Crippen LogP contribution < -0.4 is 19.1 Å². The second kappa shape index (κ2) is 8.77. The van der Waals surface area contributed by atoms with E-state index in [1.807, 2.05) is 13.8 Å². The van der Waals surface area contributed by atoms with E-state index in [0.717, 1.165) is 6.26 Å². The van der Waals surface area contributed by atoms with Gasteiger partial charge < -0.3 is 14.8 Å². The lowest BCUT2D eigenvalue weighted by Crippen LogP contribution is -2.38. The number of carbonyl (C=O) groups excluding carboxylic acids is 1. The summed E-state index contributed by atoms with van der Waals surface area (Å²) in [7, 11) is -0.503. The van der Waals surface area contributed by atoms with Crippen molar-refractivity contribution in [2.24, 2.45) is 5.92 Å². The summed E-state index contributed by atoms with van der Waals surface area (Å²) in [5, 5.41) is 2.74. The minimum Gasteiger partial charge on any atom is -0.493 e. The van der Waals surface area contributed by atoms with E-state index in [-0.39, 0.29) is 24.9 Å². The summed E-state index contributed by atoms with van der Waals surface area (Å²) in [6, 6.07) is 4.87. The number of rotatable bonds is 9. The highest BCUT2D eigenvalue weighted by atomic mass is 32.2. The Balaban J connectivity index is 2.89. The number of hydrogen-bond donors (Lipinski definition) is 1. The van der Waals surface area contributed by atoms with Crippen molar-refractivity contribution in [3.05, 3.63) is 18.2 Å². The molecule has 0 aliphatic carbocycles. The molecule has 0 heterocycles. The number of anilines is 1. The first kappa shape index (κ1) is 20.1. The zero-order valence-corrected chi connectivity index (χ0v) is 15.6. The molecule has 1 aromatic carbocycles. The maximum Gasteiger partial charge on any atom is 0.232 e. The predicted molar refractivity (Wildman–Crippen MR) is 94.2 cm³/mol. The van der Waals surface area contributed by atoms with Crippen LogP contribution in [0.3, 0.4) is 0 Å². The second-order valence-electron chi connectivity index (χ2n) is 5.82. The van der Waals surface area contributed by atoms with E-state index in [1.54, 1.807) is 18.2 Å². The summed E-state index contributed by atoms with van der Waals surface area (Å²) in [4.78, 5) is 11.7. The number of nitrogens with zero attached hydrogens (tertiary/aromatic N) is 1. The van der Waals surface area contributed by atoms with Crippen LogP contribution in [0.25, 0.3) is 0 Å². The third-order valence-electron chi connectivity index (χ3n) is 3.29. The Morgan fingerprint density at radius 3 is 2.33 bits per heavy atom. The lowest BCUT2D eigenvalue weighted by Gasteiger charge is -2.23. The molecule has 0 fully saturated rings. The standard InChI is InChI=1S/C16H26N2O5S/c1-12(2)10-16(19)17-8-9-18(24(5,20)21)13-6-7-14(22-3)15(11-13)23-4/h6-7,11-12H,8-10H2,1-5H3,(H,17,19). The Morgan fingerprint density at radius 1 is 1.21 bits per heavy atom. The van der Waals surface area contributed by atoms with Gasteiger partial charge >= 0.3 is 0 Å². The molecule has 136 valence electrons. The van der Waals surface area contributed by atoms with Crippen molar-refractivity contribution in [3.8, 4) is 11.5 Å². The van der Waals surface area contributed by atoms with Gasteiger partial charge in [0, 0.05) is 19.0 Å². The predicted octanol–water partition coefficient (Wildman–Crippen LogP) is 1.63. The van der Waals surface area contributed by atoms with E-state index in [0.29, 0.717) is 23.6 Å². The smallest absolute Gasteiger partial charge is 0.232 e. The molecule has 0 aromatic heterocycles. The fraction of sp³-hybridized carbons (Fsp3) is 0.562. The monoisotopic (exact) mass is 358 g/mol. The number of nitrogens with one attached hydrogen (secondary N) is 1. The summed E-state index contributed by atoms with van der Waals surface area (Å²) in [5.74, 6) is 1.11. The van der Waals surface area contributed by atoms with E-state index in [2.05, 4.69) is 5.32 Å². The molecule has 0 saturated heterocycles. The fourth-order valence-corrected chi connectivity index (χ4v) is 3.13. The molecule has 1 N–H and O–H groups in total. The Labute approximate surface area is 144 Å². The van der Waals surface area contributed by atoms with Gasteiger partial charge in [-0.2, -0.15) is 0 Å². The number of carbonyl (C=O) groups is 1. The van der Waals surface area contributed by atoms with Crippen molar-refractivity contribution in [1.82, 2.24) is 5.32 Å². The first-order valence-electron chi connectivity index (χ1n) is 7.65. The van der Waals surface area contributed by atoms with Crippen LogP contribution in [0, 0.1) is 5.92 Å². The highest BCUT2D eigenvalue weighted by Crippen LogP contribution is 2.32. The van der Waals surface area contributed by atoms with E-state index in [1.165, 1.54) is 18.5 Å². The van der Waals surface area contributed by atoms with Crippen LogP contribution in [-0.4, -0.2) is 47.9 Å². The van der Waals surface area contributed by atoms with Gasteiger partial charge in [-0.05, 0) is 18.1 Å². The average Bonchev–Trinajstić information content (AvgIpc) is 2.49. The summed E-state index contributed by atoms with van der Waals surface area (Å²) in [5.41, 5.74) is 0.452. The van der Waals surface area contributed by atoms with Gasteiger partial charge in [0.2, 0.25) is 15.9 Å². The Morgan fingerprint density at radius 2 is 1.83 bits per heavy atom. The van der Waals surface area contributed by atoms with Crippen LogP contribution in [0.2, 0.25) is 0 Å². The number of hydrogen-bond acceptors (Lipinski definition) is 5.